The van der Waals surface area contributed by atoms with E-state index in [0.29, 0.717) is 6.54 Å². The lowest BCUT2D eigenvalue weighted by molar-refractivity contribution is 0.315. The predicted molar refractivity (Wildman–Crippen MR) is 86.5 cm³/mol. The topological polar surface area (TPSA) is 37.6 Å². The molecule has 0 saturated heterocycles. The summed E-state index contributed by atoms with van der Waals surface area (Å²) in [7, 11) is 2.03. The standard InChI is InChI=1S/C13H12BrN3OS2/c1-16(6-9-4-11(14)20-8-9)7-10-5-12(18)17-2-3-19-13(17)15-10/h2-5,8H,6-7H2,1H3. The smallest absolute Gasteiger partial charge is 0.258 e. The molecule has 3 aromatic rings. The van der Waals surface area contributed by atoms with Crippen LogP contribution < -0.4 is 5.56 Å². The number of aromatic nitrogens is 2. The van der Waals surface area contributed by atoms with Crippen LogP contribution in [-0.2, 0) is 13.1 Å². The van der Waals surface area contributed by atoms with Crippen molar-refractivity contribution in [3.8, 4) is 0 Å². The molecule has 0 aliphatic carbocycles. The lowest BCUT2D eigenvalue weighted by Gasteiger charge is -2.15. The minimum absolute atomic E-state index is 0.0158. The van der Waals surface area contributed by atoms with E-state index in [1.165, 1.54) is 16.9 Å². The Morgan fingerprint density at radius 2 is 2.20 bits per heavy atom. The molecule has 0 unspecified atom stereocenters. The zero-order valence-electron chi connectivity index (χ0n) is 10.7. The number of fused-ring (bicyclic) bond motifs is 1. The molecular formula is C13H12BrN3OS2. The predicted octanol–water partition coefficient (Wildman–Crippen LogP) is 3.21. The van der Waals surface area contributed by atoms with E-state index in [1.807, 2.05) is 12.4 Å². The van der Waals surface area contributed by atoms with E-state index in [2.05, 4.69) is 37.3 Å². The van der Waals surface area contributed by atoms with Gasteiger partial charge in [-0.05, 0) is 40.0 Å². The molecule has 0 bridgehead atoms. The summed E-state index contributed by atoms with van der Waals surface area (Å²) in [4.78, 5) is 19.3. The Kier molecular flexibility index (Phi) is 4.02. The highest BCUT2D eigenvalue weighted by Gasteiger charge is 2.07. The molecule has 104 valence electrons. The van der Waals surface area contributed by atoms with Crippen LogP contribution >= 0.6 is 38.6 Å². The summed E-state index contributed by atoms with van der Waals surface area (Å²) in [5.74, 6) is 0. The van der Waals surface area contributed by atoms with Crippen molar-refractivity contribution in [2.24, 2.45) is 0 Å². The minimum atomic E-state index is -0.0158. The third-order valence-corrected chi connectivity index (χ3v) is 5.17. The van der Waals surface area contributed by atoms with Gasteiger partial charge in [0, 0.05) is 30.7 Å². The van der Waals surface area contributed by atoms with Gasteiger partial charge in [-0.1, -0.05) is 0 Å². The number of thiazole rings is 1. The SMILES string of the molecule is CN(Cc1csc(Br)c1)Cc1cc(=O)n2ccsc2n1. The fourth-order valence-corrected chi connectivity index (χ4v) is 3.98. The van der Waals surface area contributed by atoms with Crippen LogP contribution in [0, 0.1) is 0 Å². The summed E-state index contributed by atoms with van der Waals surface area (Å²) < 4.78 is 2.71. The Morgan fingerprint density at radius 3 is 2.95 bits per heavy atom. The molecule has 0 fully saturated rings. The Labute approximate surface area is 132 Å². The number of rotatable bonds is 4. The molecule has 0 N–H and O–H groups in total. The summed E-state index contributed by atoms with van der Waals surface area (Å²) >= 11 is 6.63. The van der Waals surface area contributed by atoms with Gasteiger partial charge < -0.3 is 0 Å². The van der Waals surface area contributed by atoms with Crippen LogP contribution in [0.3, 0.4) is 0 Å². The maximum Gasteiger partial charge on any atom is 0.258 e. The average molecular weight is 370 g/mol. The van der Waals surface area contributed by atoms with Crippen molar-refractivity contribution in [3.05, 3.63) is 54.5 Å². The second-order valence-electron chi connectivity index (χ2n) is 4.57. The number of thiophene rings is 1. The molecule has 0 radical (unpaired) electrons. The van der Waals surface area contributed by atoms with Gasteiger partial charge in [-0.15, -0.1) is 22.7 Å². The van der Waals surface area contributed by atoms with Crippen molar-refractivity contribution >= 4 is 43.6 Å². The molecule has 20 heavy (non-hydrogen) atoms. The molecule has 3 heterocycles. The highest BCUT2D eigenvalue weighted by Crippen LogP contribution is 2.21. The van der Waals surface area contributed by atoms with E-state index in [0.717, 1.165) is 21.0 Å². The van der Waals surface area contributed by atoms with Crippen molar-refractivity contribution in [1.82, 2.24) is 14.3 Å². The summed E-state index contributed by atoms with van der Waals surface area (Å²) in [5, 5.41) is 4.01. The van der Waals surface area contributed by atoms with Crippen LogP contribution in [0.2, 0.25) is 0 Å². The molecule has 3 rings (SSSR count). The molecule has 3 aromatic heterocycles. The summed E-state index contributed by atoms with van der Waals surface area (Å²) in [5.41, 5.74) is 2.06. The number of halogens is 1. The van der Waals surface area contributed by atoms with Gasteiger partial charge >= 0.3 is 0 Å². The number of hydrogen-bond donors (Lipinski definition) is 0. The Bertz CT molecular complexity index is 792. The zero-order valence-corrected chi connectivity index (χ0v) is 14.0. The lowest BCUT2D eigenvalue weighted by Crippen LogP contribution is -2.20. The quantitative estimate of drug-likeness (QED) is 0.708. The molecule has 7 heteroatoms. The van der Waals surface area contributed by atoms with Gasteiger partial charge in [0.15, 0.2) is 4.96 Å². The molecule has 0 atom stereocenters. The first kappa shape index (κ1) is 13.9. The molecule has 0 aliphatic rings. The fourth-order valence-electron chi connectivity index (χ4n) is 2.04. The van der Waals surface area contributed by atoms with Crippen molar-refractivity contribution in [2.75, 3.05) is 7.05 Å². The minimum Gasteiger partial charge on any atom is -0.296 e. The molecular weight excluding hydrogens is 358 g/mol. The molecule has 0 saturated carbocycles. The largest absolute Gasteiger partial charge is 0.296 e. The van der Waals surface area contributed by atoms with E-state index in [-0.39, 0.29) is 5.56 Å². The summed E-state index contributed by atoms with van der Waals surface area (Å²) in [6.07, 6.45) is 1.76. The highest BCUT2D eigenvalue weighted by atomic mass is 79.9. The fraction of sp³-hybridized carbons (Fsp3) is 0.231. The van der Waals surface area contributed by atoms with Gasteiger partial charge in [-0.25, -0.2) is 4.98 Å². The third kappa shape index (κ3) is 3.01. The monoisotopic (exact) mass is 369 g/mol. The van der Waals surface area contributed by atoms with E-state index in [9.17, 15) is 4.79 Å². The molecule has 0 spiro atoms. The van der Waals surface area contributed by atoms with Crippen molar-refractivity contribution < 1.29 is 0 Å². The van der Waals surface area contributed by atoms with Gasteiger partial charge in [0.2, 0.25) is 0 Å². The van der Waals surface area contributed by atoms with Gasteiger partial charge in [-0.2, -0.15) is 0 Å². The van der Waals surface area contributed by atoms with Gasteiger partial charge in [0.25, 0.3) is 5.56 Å². The van der Waals surface area contributed by atoms with E-state index in [4.69, 9.17) is 0 Å². The summed E-state index contributed by atoms with van der Waals surface area (Å²) in [6, 6.07) is 3.73. The molecule has 0 aliphatic heterocycles. The lowest BCUT2D eigenvalue weighted by atomic mass is 10.3. The van der Waals surface area contributed by atoms with Crippen LogP contribution in [0.1, 0.15) is 11.3 Å². The average Bonchev–Trinajstić information content (AvgIpc) is 2.98. The second kappa shape index (κ2) is 5.77. The zero-order chi connectivity index (χ0) is 14.1. The molecule has 0 aromatic carbocycles. The first-order valence-corrected chi connectivity index (χ1v) is 8.54. The highest BCUT2D eigenvalue weighted by molar-refractivity contribution is 9.11. The van der Waals surface area contributed by atoms with Crippen molar-refractivity contribution in [1.29, 1.82) is 0 Å². The number of hydrogen-bond acceptors (Lipinski definition) is 5. The van der Waals surface area contributed by atoms with Gasteiger partial charge in [-0.3, -0.25) is 14.1 Å². The first-order valence-electron chi connectivity index (χ1n) is 5.99. The number of nitrogens with zero attached hydrogens (tertiary/aromatic N) is 3. The summed E-state index contributed by atoms with van der Waals surface area (Å²) in [6.45, 7) is 1.50. The van der Waals surface area contributed by atoms with Crippen LogP contribution in [0.4, 0.5) is 0 Å². The molecule has 4 nitrogen and oxygen atoms in total. The van der Waals surface area contributed by atoms with Gasteiger partial charge in [0.1, 0.15) is 0 Å². The van der Waals surface area contributed by atoms with E-state index in [1.54, 1.807) is 28.0 Å². The van der Waals surface area contributed by atoms with E-state index < -0.39 is 0 Å². The maximum atomic E-state index is 11.9. The molecule has 0 amide bonds. The Morgan fingerprint density at radius 1 is 1.35 bits per heavy atom. The van der Waals surface area contributed by atoms with Crippen molar-refractivity contribution in [2.45, 2.75) is 13.1 Å². The van der Waals surface area contributed by atoms with Crippen molar-refractivity contribution in [3.63, 3.8) is 0 Å². The van der Waals surface area contributed by atoms with Gasteiger partial charge in [0.05, 0.1) is 9.48 Å². The maximum absolute atomic E-state index is 11.9. The van der Waals surface area contributed by atoms with E-state index >= 15 is 0 Å². The second-order valence-corrected chi connectivity index (χ2v) is 7.74. The first-order chi connectivity index (χ1) is 9.61. The Balaban J connectivity index is 1.76. The van der Waals surface area contributed by atoms with Crippen LogP contribution in [0.5, 0.6) is 0 Å². The van der Waals surface area contributed by atoms with Crippen LogP contribution in [0.15, 0.2) is 37.7 Å². The third-order valence-electron chi connectivity index (χ3n) is 2.86. The normalized spacial score (nSPS) is 11.6. The van der Waals surface area contributed by atoms with Crippen LogP contribution in [0.25, 0.3) is 4.96 Å². The van der Waals surface area contributed by atoms with Crippen LogP contribution in [-0.4, -0.2) is 21.3 Å². The Hall–Kier alpha value is -1.02.